The summed E-state index contributed by atoms with van der Waals surface area (Å²) in [5.41, 5.74) is 0.337. The summed E-state index contributed by atoms with van der Waals surface area (Å²) in [6.45, 7) is 5.98. The van der Waals surface area contributed by atoms with Gasteiger partial charge >= 0.3 is 6.18 Å². The molecule has 6 heteroatoms. The fourth-order valence-corrected chi connectivity index (χ4v) is 1.82. The monoisotopic (exact) mass is 269 g/mol. The van der Waals surface area contributed by atoms with Crippen LogP contribution in [0.25, 0.3) is 5.69 Å². The van der Waals surface area contributed by atoms with Crippen molar-refractivity contribution in [3.05, 3.63) is 41.7 Å². The molecule has 0 saturated carbocycles. The Morgan fingerprint density at radius 1 is 1.05 bits per heavy atom. The highest BCUT2D eigenvalue weighted by Crippen LogP contribution is 2.30. The van der Waals surface area contributed by atoms with Gasteiger partial charge in [0.25, 0.3) is 0 Å². The summed E-state index contributed by atoms with van der Waals surface area (Å²) in [4.78, 5) is 0. The lowest BCUT2D eigenvalue weighted by Crippen LogP contribution is -2.15. The number of alkyl halides is 3. The van der Waals surface area contributed by atoms with Crippen LogP contribution in [0.5, 0.6) is 0 Å². The number of aromatic nitrogens is 3. The van der Waals surface area contributed by atoms with Crippen LogP contribution in [-0.2, 0) is 11.6 Å². The van der Waals surface area contributed by atoms with Crippen LogP contribution >= 0.6 is 0 Å². The van der Waals surface area contributed by atoms with Crippen LogP contribution in [0.15, 0.2) is 30.5 Å². The predicted octanol–water partition coefficient (Wildman–Crippen LogP) is 3.58. The lowest BCUT2D eigenvalue weighted by Gasteiger charge is -2.22. The largest absolute Gasteiger partial charge is 0.436 e. The average molecular weight is 269 g/mol. The van der Waals surface area contributed by atoms with E-state index in [0.717, 1.165) is 11.8 Å². The topological polar surface area (TPSA) is 30.7 Å². The Hall–Kier alpha value is -1.85. The number of rotatable bonds is 1. The quantitative estimate of drug-likeness (QED) is 0.792. The van der Waals surface area contributed by atoms with Crippen molar-refractivity contribution < 1.29 is 13.2 Å². The molecule has 0 N–H and O–H groups in total. The van der Waals surface area contributed by atoms with Crippen LogP contribution in [0.4, 0.5) is 13.2 Å². The molecule has 0 atom stereocenters. The normalized spacial score (nSPS) is 12.7. The zero-order valence-corrected chi connectivity index (χ0v) is 10.9. The molecule has 102 valence electrons. The molecular weight excluding hydrogens is 255 g/mol. The lowest BCUT2D eigenvalue weighted by atomic mass is 9.86. The van der Waals surface area contributed by atoms with E-state index < -0.39 is 11.9 Å². The highest BCUT2D eigenvalue weighted by molar-refractivity contribution is 5.44. The van der Waals surface area contributed by atoms with Gasteiger partial charge in [0.2, 0.25) is 0 Å². The van der Waals surface area contributed by atoms with Crippen molar-refractivity contribution in [1.29, 1.82) is 0 Å². The van der Waals surface area contributed by atoms with Crippen LogP contribution in [0, 0.1) is 0 Å². The summed E-state index contributed by atoms with van der Waals surface area (Å²) in [7, 11) is 0. The molecule has 0 aliphatic carbocycles. The zero-order valence-electron chi connectivity index (χ0n) is 10.9. The summed E-state index contributed by atoms with van der Waals surface area (Å²) in [5, 5.41) is 6.75. The third-order valence-electron chi connectivity index (χ3n) is 2.74. The molecule has 19 heavy (non-hydrogen) atoms. The van der Waals surface area contributed by atoms with E-state index in [1.54, 1.807) is 12.1 Å². The number of para-hydroxylation sites is 1. The van der Waals surface area contributed by atoms with Crippen molar-refractivity contribution in [3.63, 3.8) is 0 Å². The molecular formula is C13H14F3N3. The van der Waals surface area contributed by atoms with Crippen LogP contribution in [0.1, 0.15) is 32.0 Å². The molecule has 1 aromatic heterocycles. The van der Waals surface area contributed by atoms with Crippen molar-refractivity contribution in [1.82, 2.24) is 15.0 Å². The SMILES string of the molecule is CC(C)(C)c1ccccc1-n1cc(C(F)(F)F)nn1. The zero-order chi connectivity index (χ0) is 14.3. The van der Waals surface area contributed by atoms with Crippen molar-refractivity contribution >= 4 is 0 Å². The van der Waals surface area contributed by atoms with Gasteiger partial charge < -0.3 is 0 Å². The van der Waals surface area contributed by atoms with Gasteiger partial charge in [0, 0.05) is 0 Å². The molecule has 3 nitrogen and oxygen atoms in total. The van der Waals surface area contributed by atoms with Gasteiger partial charge in [-0.15, -0.1) is 5.10 Å². The Morgan fingerprint density at radius 2 is 1.68 bits per heavy atom. The number of halogens is 3. The van der Waals surface area contributed by atoms with E-state index in [-0.39, 0.29) is 5.41 Å². The van der Waals surface area contributed by atoms with Crippen molar-refractivity contribution in [2.24, 2.45) is 0 Å². The molecule has 1 heterocycles. The van der Waals surface area contributed by atoms with Crippen LogP contribution in [-0.4, -0.2) is 15.0 Å². The first kappa shape index (κ1) is 13.6. The van der Waals surface area contributed by atoms with Gasteiger partial charge in [-0.1, -0.05) is 44.2 Å². The molecule has 0 saturated heterocycles. The summed E-state index contributed by atoms with van der Waals surface area (Å²) in [6.07, 6.45) is -3.57. The van der Waals surface area contributed by atoms with E-state index in [0.29, 0.717) is 5.69 Å². The molecule has 2 rings (SSSR count). The third kappa shape index (κ3) is 2.77. The number of nitrogens with zero attached hydrogens (tertiary/aromatic N) is 3. The summed E-state index contributed by atoms with van der Waals surface area (Å²) in [6, 6.07) is 7.23. The molecule has 1 aromatic carbocycles. The van der Waals surface area contributed by atoms with Gasteiger partial charge in [0.05, 0.1) is 11.9 Å². The number of hydrogen-bond donors (Lipinski definition) is 0. The molecule has 0 fully saturated rings. The van der Waals surface area contributed by atoms with Crippen LogP contribution in [0.3, 0.4) is 0 Å². The number of benzene rings is 1. The van der Waals surface area contributed by atoms with Gasteiger partial charge in [-0.05, 0) is 17.0 Å². The minimum atomic E-state index is -4.48. The highest BCUT2D eigenvalue weighted by Gasteiger charge is 2.34. The second-order valence-corrected chi connectivity index (χ2v) is 5.31. The Morgan fingerprint density at radius 3 is 2.21 bits per heavy atom. The first-order valence-electron chi connectivity index (χ1n) is 5.79. The van der Waals surface area contributed by atoms with Gasteiger partial charge in [0.1, 0.15) is 0 Å². The maximum atomic E-state index is 12.5. The molecule has 0 aliphatic rings. The summed E-state index contributed by atoms with van der Waals surface area (Å²) in [5.74, 6) is 0. The average Bonchev–Trinajstić information content (AvgIpc) is 2.76. The van der Waals surface area contributed by atoms with Gasteiger partial charge in [-0.2, -0.15) is 13.2 Å². The first-order chi connectivity index (χ1) is 8.69. The Kier molecular flexibility index (Phi) is 3.12. The van der Waals surface area contributed by atoms with Gasteiger partial charge in [-0.3, -0.25) is 0 Å². The Balaban J connectivity index is 2.52. The van der Waals surface area contributed by atoms with Crippen LogP contribution < -0.4 is 0 Å². The van der Waals surface area contributed by atoms with Gasteiger partial charge in [-0.25, -0.2) is 4.68 Å². The van der Waals surface area contributed by atoms with Gasteiger partial charge in [0.15, 0.2) is 5.69 Å². The first-order valence-corrected chi connectivity index (χ1v) is 5.79. The standard InChI is InChI=1S/C13H14F3N3/c1-12(2,3)9-6-4-5-7-10(9)19-8-11(17-18-19)13(14,15)16/h4-8H,1-3H3. The summed E-state index contributed by atoms with van der Waals surface area (Å²) >= 11 is 0. The molecule has 2 aromatic rings. The van der Waals surface area contributed by atoms with Crippen molar-refractivity contribution in [3.8, 4) is 5.69 Å². The minimum absolute atomic E-state index is 0.194. The van der Waals surface area contributed by atoms with Crippen molar-refractivity contribution in [2.75, 3.05) is 0 Å². The molecule has 0 bridgehead atoms. The maximum absolute atomic E-state index is 12.5. The minimum Gasteiger partial charge on any atom is -0.220 e. The van der Waals surface area contributed by atoms with E-state index in [1.165, 1.54) is 4.68 Å². The third-order valence-corrected chi connectivity index (χ3v) is 2.74. The van der Waals surface area contributed by atoms with E-state index in [9.17, 15) is 13.2 Å². The molecule has 0 spiro atoms. The van der Waals surface area contributed by atoms with E-state index in [2.05, 4.69) is 10.3 Å². The molecule has 0 radical (unpaired) electrons. The molecule has 0 aliphatic heterocycles. The van der Waals surface area contributed by atoms with Crippen LogP contribution in [0.2, 0.25) is 0 Å². The van der Waals surface area contributed by atoms with E-state index in [4.69, 9.17) is 0 Å². The highest BCUT2D eigenvalue weighted by atomic mass is 19.4. The Labute approximate surface area is 109 Å². The molecule has 0 unspecified atom stereocenters. The summed E-state index contributed by atoms with van der Waals surface area (Å²) < 4.78 is 38.8. The second kappa shape index (κ2) is 4.36. The fraction of sp³-hybridized carbons (Fsp3) is 0.385. The maximum Gasteiger partial charge on any atom is 0.436 e. The van der Waals surface area contributed by atoms with E-state index >= 15 is 0 Å². The predicted molar refractivity (Wildman–Crippen MR) is 65.1 cm³/mol. The fourth-order valence-electron chi connectivity index (χ4n) is 1.82. The number of hydrogen-bond acceptors (Lipinski definition) is 2. The molecule has 0 amide bonds. The van der Waals surface area contributed by atoms with Crippen molar-refractivity contribution in [2.45, 2.75) is 32.4 Å². The Bertz CT molecular complexity index is 579. The second-order valence-electron chi connectivity index (χ2n) is 5.31. The lowest BCUT2D eigenvalue weighted by molar-refractivity contribution is -0.141. The van der Waals surface area contributed by atoms with E-state index in [1.807, 2.05) is 32.9 Å². The smallest absolute Gasteiger partial charge is 0.220 e.